The monoisotopic (exact) mass is 344 g/mol. The van der Waals surface area contributed by atoms with Crippen LogP contribution in [-0.4, -0.2) is 46.6 Å². The normalized spacial score (nSPS) is 18.6. The summed E-state index contributed by atoms with van der Waals surface area (Å²) in [6, 6.07) is 4.12. The zero-order valence-electron chi connectivity index (χ0n) is 14.3. The van der Waals surface area contributed by atoms with Gasteiger partial charge in [0, 0.05) is 32.0 Å². The molecule has 2 fully saturated rings. The number of hydrogen-bond acceptors (Lipinski definition) is 6. The zero-order valence-corrected chi connectivity index (χ0v) is 14.3. The van der Waals surface area contributed by atoms with Crippen molar-refractivity contribution < 1.29 is 13.7 Å². The number of amides is 1. The number of aromatic nitrogens is 2. The van der Waals surface area contributed by atoms with Crippen molar-refractivity contribution in [2.75, 3.05) is 19.6 Å². The summed E-state index contributed by atoms with van der Waals surface area (Å²) in [6.07, 6.45) is 7.27. The Labute approximate surface area is 146 Å². The summed E-state index contributed by atoms with van der Waals surface area (Å²) in [4.78, 5) is 18.6. The minimum Gasteiger partial charge on any atom is -0.461 e. The van der Waals surface area contributed by atoms with Crippen LogP contribution in [-0.2, 0) is 11.2 Å². The number of carbonyl (C=O) groups excluding carboxylic acids is 1. The molecule has 1 saturated carbocycles. The second-order valence-corrected chi connectivity index (χ2v) is 7.00. The number of likely N-dealkylation sites (tertiary alicyclic amines) is 1. The lowest BCUT2D eigenvalue weighted by Crippen LogP contribution is -2.45. The van der Waals surface area contributed by atoms with Crippen LogP contribution in [0.4, 0.5) is 0 Å². The summed E-state index contributed by atoms with van der Waals surface area (Å²) in [5, 5.41) is 7.52. The number of furan rings is 1. The van der Waals surface area contributed by atoms with Crippen LogP contribution < -0.4 is 5.32 Å². The molecule has 1 N–H and O–H groups in total. The molecule has 2 aromatic rings. The van der Waals surface area contributed by atoms with Crippen LogP contribution >= 0.6 is 0 Å². The van der Waals surface area contributed by atoms with E-state index in [9.17, 15) is 4.79 Å². The summed E-state index contributed by atoms with van der Waals surface area (Å²) in [6.45, 7) is 2.82. The predicted octanol–water partition coefficient (Wildman–Crippen LogP) is 2.25. The van der Waals surface area contributed by atoms with E-state index in [1.54, 1.807) is 18.4 Å². The number of nitrogens with zero attached hydrogens (tertiary/aromatic N) is 3. The molecular weight excluding hydrogens is 320 g/mol. The summed E-state index contributed by atoms with van der Waals surface area (Å²) < 4.78 is 10.4. The van der Waals surface area contributed by atoms with Gasteiger partial charge in [-0.1, -0.05) is 5.16 Å². The Morgan fingerprint density at radius 2 is 2.12 bits per heavy atom. The van der Waals surface area contributed by atoms with Crippen LogP contribution in [0.2, 0.25) is 0 Å². The van der Waals surface area contributed by atoms with Crippen LogP contribution in [0.1, 0.15) is 38.0 Å². The number of rotatable bonds is 7. The third-order valence-corrected chi connectivity index (χ3v) is 5.00. The van der Waals surface area contributed by atoms with Gasteiger partial charge in [0.15, 0.2) is 5.76 Å². The number of nitrogens with one attached hydrogen (secondary N) is 1. The lowest BCUT2D eigenvalue weighted by Gasteiger charge is -2.32. The minimum atomic E-state index is 0.165. The van der Waals surface area contributed by atoms with E-state index in [-0.39, 0.29) is 5.91 Å². The largest absolute Gasteiger partial charge is 0.461 e. The summed E-state index contributed by atoms with van der Waals surface area (Å²) in [5.41, 5.74) is 0. The fourth-order valence-electron chi connectivity index (χ4n) is 3.22. The van der Waals surface area contributed by atoms with Gasteiger partial charge in [-0.05, 0) is 50.3 Å². The summed E-state index contributed by atoms with van der Waals surface area (Å²) in [5.74, 6) is 2.54. The maximum absolute atomic E-state index is 12.4. The lowest BCUT2D eigenvalue weighted by atomic mass is 10.0. The molecule has 4 rings (SSSR count). The van der Waals surface area contributed by atoms with E-state index >= 15 is 0 Å². The molecule has 7 nitrogen and oxygen atoms in total. The average molecular weight is 344 g/mol. The average Bonchev–Trinajstić information content (AvgIpc) is 3.11. The van der Waals surface area contributed by atoms with E-state index in [1.165, 1.54) is 12.8 Å². The van der Waals surface area contributed by atoms with Crippen molar-refractivity contribution in [1.82, 2.24) is 20.4 Å². The molecule has 2 aliphatic rings. The van der Waals surface area contributed by atoms with Crippen molar-refractivity contribution in [1.29, 1.82) is 0 Å². The van der Waals surface area contributed by atoms with Gasteiger partial charge in [0.2, 0.25) is 17.6 Å². The van der Waals surface area contributed by atoms with Gasteiger partial charge in [0.05, 0.1) is 6.26 Å². The number of aryl methyl sites for hydroxylation is 1. The molecule has 7 heteroatoms. The highest BCUT2D eigenvalue weighted by Gasteiger charge is 2.26. The highest BCUT2D eigenvalue weighted by atomic mass is 16.5. The van der Waals surface area contributed by atoms with Crippen molar-refractivity contribution >= 4 is 5.91 Å². The lowest BCUT2D eigenvalue weighted by molar-refractivity contribution is -0.132. The van der Waals surface area contributed by atoms with Gasteiger partial charge in [0.25, 0.3) is 0 Å². The maximum Gasteiger partial charge on any atom is 0.238 e. The predicted molar refractivity (Wildman–Crippen MR) is 90.6 cm³/mol. The van der Waals surface area contributed by atoms with Gasteiger partial charge in [-0.25, -0.2) is 0 Å². The van der Waals surface area contributed by atoms with Crippen molar-refractivity contribution in [3.8, 4) is 11.6 Å². The van der Waals surface area contributed by atoms with Crippen LogP contribution in [0.25, 0.3) is 11.6 Å². The highest BCUT2D eigenvalue weighted by Crippen LogP contribution is 2.28. The smallest absolute Gasteiger partial charge is 0.238 e. The molecule has 25 heavy (non-hydrogen) atoms. The molecule has 2 aromatic heterocycles. The molecule has 1 amide bonds. The molecule has 134 valence electrons. The molecule has 3 heterocycles. The Kier molecular flexibility index (Phi) is 4.83. The third-order valence-electron chi connectivity index (χ3n) is 5.00. The fraction of sp³-hybridized carbons (Fsp3) is 0.611. The van der Waals surface area contributed by atoms with E-state index in [4.69, 9.17) is 8.94 Å². The molecule has 1 aliphatic heterocycles. The van der Waals surface area contributed by atoms with Crippen molar-refractivity contribution in [2.45, 2.75) is 44.6 Å². The van der Waals surface area contributed by atoms with Crippen molar-refractivity contribution in [2.24, 2.45) is 5.92 Å². The van der Waals surface area contributed by atoms with Crippen LogP contribution in [0.5, 0.6) is 0 Å². The number of carbonyl (C=O) groups is 1. The van der Waals surface area contributed by atoms with Crippen molar-refractivity contribution in [3.63, 3.8) is 0 Å². The van der Waals surface area contributed by atoms with Gasteiger partial charge in [-0.3, -0.25) is 4.79 Å². The second-order valence-electron chi connectivity index (χ2n) is 7.00. The Morgan fingerprint density at radius 1 is 1.28 bits per heavy atom. The third kappa shape index (κ3) is 4.28. The molecular formula is C18H24N4O3. The van der Waals surface area contributed by atoms with Gasteiger partial charge in [-0.2, -0.15) is 4.98 Å². The molecule has 0 radical (unpaired) electrons. The molecule has 1 saturated heterocycles. The molecule has 1 aliphatic carbocycles. The van der Waals surface area contributed by atoms with Crippen molar-refractivity contribution in [3.05, 3.63) is 24.3 Å². The van der Waals surface area contributed by atoms with Gasteiger partial charge in [0.1, 0.15) is 0 Å². The Hall–Kier alpha value is -2.15. The first-order valence-electron chi connectivity index (χ1n) is 9.15. The summed E-state index contributed by atoms with van der Waals surface area (Å²) in [7, 11) is 0. The Bertz CT molecular complexity index is 685. The second kappa shape index (κ2) is 7.39. The molecule has 0 aromatic carbocycles. The fourth-order valence-corrected chi connectivity index (χ4v) is 3.22. The first-order valence-corrected chi connectivity index (χ1v) is 9.15. The quantitative estimate of drug-likeness (QED) is 0.829. The SMILES string of the molecule is O=C(CCc1nc(-c2ccco2)no1)N1CCC(NCC2CC2)CC1. The first-order chi connectivity index (χ1) is 12.3. The van der Waals surface area contributed by atoms with E-state index < -0.39 is 0 Å². The topological polar surface area (TPSA) is 84.4 Å². The van der Waals surface area contributed by atoms with Crippen LogP contribution in [0.3, 0.4) is 0 Å². The first kappa shape index (κ1) is 16.3. The highest BCUT2D eigenvalue weighted by molar-refractivity contribution is 5.76. The standard InChI is InChI=1S/C18H24N4O3/c23-17(22-9-7-14(8-10-22)19-12-13-3-4-13)6-5-16-20-18(21-25-16)15-2-1-11-24-15/h1-2,11,13-14,19H,3-10,12H2. The maximum atomic E-state index is 12.4. The van der Waals surface area contributed by atoms with Gasteiger partial charge in [-0.15, -0.1) is 0 Å². The Morgan fingerprint density at radius 3 is 2.84 bits per heavy atom. The van der Waals surface area contributed by atoms with Crippen LogP contribution in [0.15, 0.2) is 27.3 Å². The zero-order chi connectivity index (χ0) is 17.1. The number of piperidine rings is 1. The summed E-state index contributed by atoms with van der Waals surface area (Å²) >= 11 is 0. The van der Waals surface area contributed by atoms with E-state index in [0.29, 0.717) is 36.4 Å². The van der Waals surface area contributed by atoms with Gasteiger partial charge >= 0.3 is 0 Å². The van der Waals surface area contributed by atoms with E-state index in [2.05, 4.69) is 15.5 Å². The molecule has 0 unspecified atom stereocenters. The molecule has 0 atom stereocenters. The minimum absolute atomic E-state index is 0.165. The van der Waals surface area contributed by atoms with Crippen LogP contribution in [0, 0.1) is 5.92 Å². The molecule has 0 spiro atoms. The van der Waals surface area contributed by atoms with E-state index in [0.717, 1.165) is 38.4 Å². The molecule has 0 bridgehead atoms. The number of hydrogen-bond donors (Lipinski definition) is 1. The van der Waals surface area contributed by atoms with Gasteiger partial charge < -0.3 is 19.2 Å². The Balaban J connectivity index is 1.20. The van der Waals surface area contributed by atoms with E-state index in [1.807, 2.05) is 4.90 Å².